The highest BCUT2D eigenvalue weighted by Crippen LogP contribution is 2.30. The summed E-state index contributed by atoms with van der Waals surface area (Å²) in [7, 11) is 0. The fourth-order valence-corrected chi connectivity index (χ4v) is 4.06. The molecule has 164 valence electrons. The lowest BCUT2D eigenvalue weighted by atomic mass is 9.92. The number of aliphatic imine (C=N–C) groups is 1. The summed E-state index contributed by atoms with van der Waals surface area (Å²) in [5, 5.41) is 26.0. The zero-order chi connectivity index (χ0) is 22.1. The number of benzene rings is 1. The Labute approximate surface area is 184 Å². The van der Waals surface area contributed by atoms with E-state index in [4.69, 9.17) is 10.1 Å². The van der Waals surface area contributed by atoms with Gasteiger partial charge in [0.25, 0.3) is 0 Å². The first-order valence-corrected chi connectivity index (χ1v) is 10.6. The number of hydrazine groups is 2. The molecule has 10 heteroatoms. The minimum absolute atomic E-state index is 0.170. The molecule has 2 aliphatic rings. The van der Waals surface area contributed by atoms with Crippen LogP contribution >= 0.6 is 0 Å². The third-order valence-electron chi connectivity index (χ3n) is 5.65. The van der Waals surface area contributed by atoms with Crippen molar-refractivity contribution in [1.82, 2.24) is 36.4 Å². The third kappa shape index (κ3) is 3.87. The summed E-state index contributed by atoms with van der Waals surface area (Å²) < 4.78 is 0. The standard InChI is InChI=1S/C22H24N8O2/c1-13-17(10-23-25-13)21(14-5-3-2-4-6-14)24-15-7-8-18-16(9-15)22(28-26-18)19-11-30(29-27-19)12-20(31)32/h5,7-11,27,29H,2-4,6,12H2,1H3,(H,23,25)(H,26,28)(H,31,32). The number of allylic oxidation sites excluding steroid dienone is 2. The minimum Gasteiger partial charge on any atom is -0.480 e. The molecule has 0 amide bonds. The van der Waals surface area contributed by atoms with Crippen LogP contribution in [0.2, 0.25) is 0 Å². The number of aliphatic carboxylic acids is 1. The Hall–Kier alpha value is -3.92. The Morgan fingerprint density at radius 2 is 2.19 bits per heavy atom. The first-order valence-electron chi connectivity index (χ1n) is 10.6. The van der Waals surface area contributed by atoms with Crippen LogP contribution in [0.5, 0.6) is 0 Å². The predicted molar refractivity (Wildman–Crippen MR) is 121 cm³/mol. The van der Waals surface area contributed by atoms with Gasteiger partial charge < -0.3 is 10.5 Å². The van der Waals surface area contributed by atoms with Gasteiger partial charge in [-0.05, 0) is 56.4 Å². The van der Waals surface area contributed by atoms with Gasteiger partial charge in [-0.25, -0.2) is 4.99 Å². The van der Waals surface area contributed by atoms with Gasteiger partial charge in [-0.1, -0.05) is 6.08 Å². The van der Waals surface area contributed by atoms with Crippen molar-refractivity contribution < 1.29 is 9.90 Å². The average Bonchev–Trinajstić information content (AvgIpc) is 3.52. The monoisotopic (exact) mass is 432 g/mol. The molecule has 3 heterocycles. The van der Waals surface area contributed by atoms with Crippen LogP contribution in [0, 0.1) is 6.92 Å². The number of hydrogen-bond donors (Lipinski definition) is 5. The van der Waals surface area contributed by atoms with Crippen molar-refractivity contribution in [3.63, 3.8) is 0 Å². The maximum Gasteiger partial charge on any atom is 0.324 e. The molecule has 1 aliphatic carbocycles. The van der Waals surface area contributed by atoms with Crippen molar-refractivity contribution in [1.29, 1.82) is 0 Å². The lowest BCUT2D eigenvalue weighted by Crippen LogP contribution is -2.39. The summed E-state index contributed by atoms with van der Waals surface area (Å²) in [5.74, 6) is -0.931. The minimum atomic E-state index is -0.931. The Bertz CT molecular complexity index is 1270. The van der Waals surface area contributed by atoms with Crippen molar-refractivity contribution in [2.24, 2.45) is 4.99 Å². The topological polar surface area (TPSA) is 134 Å². The number of carboxylic acids is 1. The number of aromatic nitrogens is 4. The molecule has 1 aromatic carbocycles. The molecular weight excluding hydrogens is 408 g/mol. The van der Waals surface area contributed by atoms with Gasteiger partial charge >= 0.3 is 5.97 Å². The number of fused-ring (bicyclic) bond motifs is 1. The highest BCUT2D eigenvalue weighted by atomic mass is 16.4. The normalized spacial score (nSPS) is 16.8. The fraction of sp³-hybridized carbons (Fsp3) is 0.273. The van der Waals surface area contributed by atoms with E-state index in [1.54, 1.807) is 6.20 Å². The van der Waals surface area contributed by atoms with Crippen LogP contribution in [0.15, 0.2) is 47.2 Å². The SMILES string of the molecule is Cc1[nH]ncc1C(=Nc1ccc2[nH]nc(C3=CN(CC(=O)O)NN3)c2c1)C1=CCCCC1. The van der Waals surface area contributed by atoms with Gasteiger partial charge in [-0.2, -0.15) is 10.2 Å². The van der Waals surface area contributed by atoms with Crippen LogP contribution in [0.1, 0.15) is 42.6 Å². The molecule has 0 saturated carbocycles. The van der Waals surface area contributed by atoms with Crippen molar-refractivity contribution in [2.45, 2.75) is 32.6 Å². The van der Waals surface area contributed by atoms with E-state index in [1.807, 2.05) is 31.3 Å². The largest absolute Gasteiger partial charge is 0.480 e. The number of nitrogens with one attached hydrogen (secondary N) is 4. The molecule has 0 unspecified atom stereocenters. The maximum absolute atomic E-state index is 11.0. The van der Waals surface area contributed by atoms with Crippen molar-refractivity contribution in [2.75, 3.05) is 6.54 Å². The van der Waals surface area contributed by atoms with Gasteiger partial charge in [0, 0.05) is 22.8 Å². The third-order valence-corrected chi connectivity index (χ3v) is 5.65. The highest BCUT2D eigenvalue weighted by molar-refractivity contribution is 6.14. The van der Waals surface area contributed by atoms with Crippen molar-refractivity contribution in [3.05, 3.63) is 59.2 Å². The van der Waals surface area contributed by atoms with Gasteiger partial charge in [0.1, 0.15) is 12.2 Å². The van der Waals surface area contributed by atoms with Crippen LogP contribution in [0.3, 0.4) is 0 Å². The van der Waals surface area contributed by atoms with E-state index in [1.165, 1.54) is 17.0 Å². The van der Waals surface area contributed by atoms with E-state index in [0.717, 1.165) is 52.8 Å². The van der Waals surface area contributed by atoms with E-state index < -0.39 is 5.97 Å². The van der Waals surface area contributed by atoms with Crippen LogP contribution < -0.4 is 11.0 Å². The number of aromatic amines is 2. The fourth-order valence-electron chi connectivity index (χ4n) is 4.06. The molecule has 3 aromatic rings. The zero-order valence-corrected chi connectivity index (χ0v) is 17.6. The molecule has 0 fully saturated rings. The zero-order valence-electron chi connectivity index (χ0n) is 17.6. The van der Waals surface area contributed by atoms with Gasteiger partial charge in [0.2, 0.25) is 0 Å². The Morgan fingerprint density at radius 1 is 1.28 bits per heavy atom. The van der Waals surface area contributed by atoms with Crippen LogP contribution in [-0.2, 0) is 4.79 Å². The molecular formula is C22H24N8O2. The smallest absolute Gasteiger partial charge is 0.324 e. The second-order valence-corrected chi connectivity index (χ2v) is 7.95. The molecule has 1 aliphatic heterocycles. The van der Waals surface area contributed by atoms with Crippen LogP contribution in [0.4, 0.5) is 5.69 Å². The average molecular weight is 432 g/mol. The molecule has 5 rings (SSSR count). The second-order valence-electron chi connectivity index (χ2n) is 7.95. The second kappa shape index (κ2) is 8.31. The molecule has 10 nitrogen and oxygen atoms in total. The predicted octanol–water partition coefficient (Wildman–Crippen LogP) is 2.92. The number of aryl methyl sites for hydroxylation is 1. The van der Waals surface area contributed by atoms with Gasteiger partial charge in [0.05, 0.1) is 28.8 Å². The Balaban J connectivity index is 1.55. The summed E-state index contributed by atoms with van der Waals surface area (Å²) >= 11 is 0. The molecule has 32 heavy (non-hydrogen) atoms. The van der Waals surface area contributed by atoms with Gasteiger partial charge in [0.15, 0.2) is 0 Å². The van der Waals surface area contributed by atoms with Crippen LogP contribution in [-0.4, -0.2) is 48.7 Å². The van der Waals surface area contributed by atoms with E-state index in [9.17, 15) is 4.79 Å². The van der Waals surface area contributed by atoms with E-state index in [0.29, 0.717) is 11.4 Å². The molecule has 5 N–H and O–H groups in total. The maximum atomic E-state index is 11.0. The number of nitrogens with zero attached hydrogens (tertiary/aromatic N) is 4. The van der Waals surface area contributed by atoms with Crippen molar-refractivity contribution >= 4 is 34.0 Å². The number of carboxylic acid groups (broad SMARTS) is 1. The van der Waals surface area contributed by atoms with E-state index in [2.05, 4.69) is 37.4 Å². The first kappa shape index (κ1) is 20.0. The summed E-state index contributed by atoms with van der Waals surface area (Å²) in [4.78, 5) is 16.0. The van der Waals surface area contributed by atoms with E-state index >= 15 is 0 Å². The highest BCUT2D eigenvalue weighted by Gasteiger charge is 2.20. The molecule has 0 atom stereocenters. The summed E-state index contributed by atoms with van der Waals surface area (Å²) in [6, 6.07) is 5.92. The Morgan fingerprint density at radius 3 is 2.94 bits per heavy atom. The quantitative estimate of drug-likeness (QED) is 0.378. The summed E-state index contributed by atoms with van der Waals surface area (Å²) in [6.07, 6.45) is 10.2. The Kier molecular flexibility index (Phi) is 5.20. The summed E-state index contributed by atoms with van der Waals surface area (Å²) in [5.41, 5.74) is 13.1. The van der Waals surface area contributed by atoms with Crippen LogP contribution in [0.25, 0.3) is 16.6 Å². The molecule has 0 saturated heterocycles. The number of hydrogen-bond acceptors (Lipinski definition) is 7. The first-order chi connectivity index (χ1) is 15.6. The molecule has 0 radical (unpaired) electrons. The van der Waals surface area contributed by atoms with Gasteiger partial charge in [-0.15, -0.1) is 5.53 Å². The van der Waals surface area contributed by atoms with E-state index in [-0.39, 0.29) is 6.54 Å². The number of H-pyrrole nitrogens is 2. The summed E-state index contributed by atoms with van der Waals surface area (Å²) in [6.45, 7) is 1.84. The molecule has 0 bridgehead atoms. The van der Waals surface area contributed by atoms with Gasteiger partial charge in [-0.3, -0.25) is 20.0 Å². The van der Waals surface area contributed by atoms with Crippen molar-refractivity contribution in [3.8, 4) is 0 Å². The molecule has 2 aromatic heterocycles. The lowest BCUT2D eigenvalue weighted by molar-refractivity contribution is -0.138. The number of carbonyl (C=O) groups is 1. The lowest BCUT2D eigenvalue weighted by Gasteiger charge is -2.15. The molecule has 0 spiro atoms. The number of rotatable bonds is 6.